The molecule has 1 aromatic carbocycles. The summed E-state index contributed by atoms with van der Waals surface area (Å²) < 4.78 is 29.1. The summed E-state index contributed by atoms with van der Waals surface area (Å²) in [5.74, 6) is -0.721. The van der Waals surface area contributed by atoms with Crippen LogP contribution >= 0.6 is 38.9 Å². The van der Waals surface area contributed by atoms with Gasteiger partial charge < -0.3 is 20.2 Å². The number of nitrogens with one attached hydrogen (secondary N) is 1. The number of hydrogen-bond donors (Lipinski definition) is 2. The van der Waals surface area contributed by atoms with Gasteiger partial charge in [0.15, 0.2) is 5.03 Å². The van der Waals surface area contributed by atoms with E-state index < -0.39 is 34.1 Å². The molecular formula is C32H42BrClN6O5S2. The normalized spacial score (nSPS) is 15.9. The SMILES string of the molecule is Cc1nc(CN2CCN([C@H](C(=O)N[C@@H](Cc3ccccc3)[C@@H](O)CN(CC(C)C)S(=O)(=O)c3cc(Br)c(Cl)cn3)C(C)C)C2=O)cs1. The Hall–Kier alpha value is -2.62. The number of halogens is 2. The molecule has 1 fully saturated rings. The number of sulfonamides is 1. The molecule has 0 aliphatic carbocycles. The van der Waals surface area contributed by atoms with Crippen molar-refractivity contribution in [3.63, 3.8) is 0 Å². The van der Waals surface area contributed by atoms with E-state index >= 15 is 0 Å². The van der Waals surface area contributed by atoms with Crippen molar-refractivity contribution >= 4 is 60.8 Å². The molecule has 4 rings (SSSR count). The van der Waals surface area contributed by atoms with Crippen molar-refractivity contribution in [2.75, 3.05) is 26.2 Å². The molecular weight excluding hydrogens is 728 g/mol. The fourth-order valence-corrected chi connectivity index (χ4v) is 8.33. The number of aryl methyl sites for hydroxylation is 1. The Balaban J connectivity index is 1.58. The standard InChI is InChI=1S/C32H42BrClN6O5S2/c1-20(2)16-39(47(44,45)29-14-25(33)26(34)15-35-29)18-28(41)27(13-23-9-7-6-8-10-23)37-31(42)30(21(3)4)40-12-11-38(32(40)43)17-24-19-46-22(5)36-24/h6-10,14-15,19-21,27-28,30,41H,11-13,16-18H2,1-5H3,(H,37,42)/t27-,28-,30-/m0/s1. The van der Waals surface area contributed by atoms with Crippen LogP contribution in [0, 0.1) is 18.8 Å². The van der Waals surface area contributed by atoms with Gasteiger partial charge in [-0.15, -0.1) is 11.3 Å². The molecule has 3 atom stereocenters. The number of pyridine rings is 1. The lowest BCUT2D eigenvalue weighted by molar-refractivity contribution is -0.128. The van der Waals surface area contributed by atoms with E-state index in [9.17, 15) is 23.1 Å². The number of aliphatic hydroxyl groups is 1. The molecule has 3 amide bonds. The van der Waals surface area contributed by atoms with Crippen molar-refractivity contribution in [1.29, 1.82) is 0 Å². The molecule has 3 heterocycles. The minimum absolute atomic E-state index is 0.0717. The Kier molecular flexibility index (Phi) is 12.8. The molecule has 2 aromatic heterocycles. The molecule has 0 unspecified atom stereocenters. The number of aromatic nitrogens is 2. The smallest absolute Gasteiger partial charge is 0.321 e. The van der Waals surface area contributed by atoms with Crippen LogP contribution in [0.5, 0.6) is 0 Å². The quantitative estimate of drug-likeness (QED) is 0.223. The highest BCUT2D eigenvalue weighted by Gasteiger charge is 2.40. The molecule has 1 saturated heterocycles. The second-order valence-corrected chi connectivity index (χ2v) is 16.7. The Bertz CT molecular complexity index is 1640. The van der Waals surface area contributed by atoms with Crippen LogP contribution in [-0.2, 0) is 27.8 Å². The highest BCUT2D eigenvalue weighted by molar-refractivity contribution is 9.10. The van der Waals surface area contributed by atoms with Gasteiger partial charge in [0.1, 0.15) is 6.04 Å². The predicted molar refractivity (Wildman–Crippen MR) is 187 cm³/mol. The van der Waals surface area contributed by atoms with E-state index in [1.54, 1.807) is 9.80 Å². The van der Waals surface area contributed by atoms with E-state index in [1.165, 1.54) is 27.9 Å². The molecule has 47 heavy (non-hydrogen) atoms. The van der Waals surface area contributed by atoms with Gasteiger partial charge in [-0.1, -0.05) is 69.6 Å². The van der Waals surface area contributed by atoms with Gasteiger partial charge in [0, 0.05) is 42.2 Å². The Morgan fingerprint density at radius 1 is 1.17 bits per heavy atom. The highest BCUT2D eigenvalue weighted by atomic mass is 79.9. The number of benzene rings is 1. The number of nitrogens with zero attached hydrogens (tertiary/aromatic N) is 5. The van der Waals surface area contributed by atoms with Gasteiger partial charge in [-0.2, -0.15) is 4.31 Å². The minimum Gasteiger partial charge on any atom is -0.390 e. The molecule has 0 saturated carbocycles. The van der Waals surface area contributed by atoms with Gasteiger partial charge >= 0.3 is 6.03 Å². The molecule has 0 bridgehead atoms. The second kappa shape index (κ2) is 16.2. The monoisotopic (exact) mass is 768 g/mol. The van der Waals surface area contributed by atoms with Gasteiger partial charge in [-0.3, -0.25) is 4.79 Å². The lowest BCUT2D eigenvalue weighted by Crippen LogP contribution is -2.57. The maximum atomic E-state index is 14.0. The first-order chi connectivity index (χ1) is 22.2. The topological polar surface area (TPSA) is 136 Å². The zero-order valence-electron chi connectivity index (χ0n) is 27.1. The van der Waals surface area contributed by atoms with Gasteiger partial charge in [-0.25, -0.2) is 23.2 Å². The van der Waals surface area contributed by atoms with Crippen LogP contribution in [0.4, 0.5) is 4.79 Å². The minimum atomic E-state index is -4.15. The number of carbonyl (C=O) groups excluding carboxylic acids is 2. The predicted octanol–water partition coefficient (Wildman–Crippen LogP) is 4.96. The Labute approximate surface area is 294 Å². The van der Waals surface area contributed by atoms with Crippen molar-refractivity contribution in [2.24, 2.45) is 11.8 Å². The molecule has 15 heteroatoms. The third-order valence-corrected chi connectivity index (χ3v) is 11.6. The summed E-state index contributed by atoms with van der Waals surface area (Å²) >= 11 is 10.9. The van der Waals surface area contributed by atoms with Crippen molar-refractivity contribution < 1.29 is 23.1 Å². The first-order valence-corrected chi connectivity index (χ1v) is 19.0. The lowest BCUT2D eigenvalue weighted by atomic mass is 9.97. The van der Waals surface area contributed by atoms with Gasteiger partial charge in [0.25, 0.3) is 10.0 Å². The van der Waals surface area contributed by atoms with Crippen LogP contribution in [0.15, 0.2) is 57.5 Å². The number of thiazole rings is 1. The van der Waals surface area contributed by atoms with E-state index in [0.29, 0.717) is 24.1 Å². The van der Waals surface area contributed by atoms with Gasteiger partial charge in [-0.05, 0) is 52.7 Å². The Morgan fingerprint density at radius 2 is 1.87 bits per heavy atom. The van der Waals surface area contributed by atoms with E-state index in [-0.39, 0.29) is 47.4 Å². The van der Waals surface area contributed by atoms with Crippen molar-refractivity contribution in [3.05, 3.63) is 73.7 Å². The number of amides is 3. The first kappa shape index (κ1) is 37.2. The maximum Gasteiger partial charge on any atom is 0.321 e. The average Bonchev–Trinajstić information content (AvgIpc) is 3.58. The zero-order valence-corrected chi connectivity index (χ0v) is 31.1. The average molecular weight is 770 g/mol. The van der Waals surface area contributed by atoms with E-state index in [1.807, 2.05) is 70.3 Å². The van der Waals surface area contributed by atoms with Crippen LogP contribution in [-0.4, -0.2) is 93.9 Å². The maximum absolute atomic E-state index is 14.0. The Morgan fingerprint density at radius 3 is 2.47 bits per heavy atom. The molecule has 256 valence electrons. The lowest BCUT2D eigenvalue weighted by Gasteiger charge is -2.34. The summed E-state index contributed by atoms with van der Waals surface area (Å²) in [4.78, 5) is 39.3. The third-order valence-electron chi connectivity index (χ3n) is 7.82. The van der Waals surface area contributed by atoms with Crippen molar-refractivity contribution in [1.82, 2.24) is 29.4 Å². The van der Waals surface area contributed by atoms with E-state index in [0.717, 1.165) is 16.3 Å². The molecule has 0 radical (unpaired) electrons. The number of urea groups is 1. The summed E-state index contributed by atoms with van der Waals surface area (Å²) in [5, 5.41) is 17.6. The largest absolute Gasteiger partial charge is 0.390 e. The van der Waals surface area contributed by atoms with Crippen molar-refractivity contribution in [3.8, 4) is 0 Å². The summed E-state index contributed by atoms with van der Waals surface area (Å²) in [6.07, 6.45) is 0.197. The summed E-state index contributed by atoms with van der Waals surface area (Å²) in [5.41, 5.74) is 1.66. The number of carbonyl (C=O) groups is 2. The number of hydrogen-bond acceptors (Lipinski definition) is 8. The third kappa shape index (κ3) is 9.51. The van der Waals surface area contributed by atoms with Crippen LogP contribution in [0.25, 0.3) is 0 Å². The molecule has 1 aliphatic rings. The zero-order chi connectivity index (χ0) is 34.5. The fourth-order valence-electron chi connectivity index (χ4n) is 5.59. The van der Waals surface area contributed by atoms with Crippen molar-refractivity contribution in [2.45, 2.75) is 70.8 Å². The second-order valence-electron chi connectivity index (χ2n) is 12.5. The molecule has 1 aliphatic heterocycles. The van der Waals surface area contributed by atoms with Gasteiger partial charge in [0.2, 0.25) is 5.91 Å². The van der Waals surface area contributed by atoms with Crippen LogP contribution in [0.1, 0.15) is 44.0 Å². The molecule has 11 nitrogen and oxygen atoms in total. The molecule has 3 aromatic rings. The number of aliphatic hydroxyl groups excluding tert-OH is 1. The fraction of sp³-hybridized carbons (Fsp3) is 0.500. The van der Waals surface area contributed by atoms with E-state index in [4.69, 9.17) is 11.6 Å². The van der Waals surface area contributed by atoms with Crippen LogP contribution < -0.4 is 5.32 Å². The summed E-state index contributed by atoms with van der Waals surface area (Å²) in [6.45, 7) is 10.4. The molecule has 2 N–H and O–H groups in total. The first-order valence-electron chi connectivity index (χ1n) is 15.5. The number of rotatable bonds is 15. The van der Waals surface area contributed by atoms with E-state index in [2.05, 4.69) is 31.2 Å². The van der Waals surface area contributed by atoms with Crippen LogP contribution in [0.3, 0.4) is 0 Å². The summed E-state index contributed by atoms with van der Waals surface area (Å²) in [7, 11) is -4.15. The highest BCUT2D eigenvalue weighted by Crippen LogP contribution is 2.26. The molecule has 0 spiro atoms. The summed E-state index contributed by atoms with van der Waals surface area (Å²) in [6, 6.07) is 8.76. The van der Waals surface area contributed by atoms with Crippen LogP contribution in [0.2, 0.25) is 5.02 Å². The van der Waals surface area contributed by atoms with Gasteiger partial charge in [0.05, 0.1) is 34.4 Å².